The molecule has 0 heterocycles. The van der Waals surface area contributed by atoms with E-state index in [4.69, 9.17) is 14.2 Å². The summed E-state index contributed by atoms with van der Waals surface area (Å²) in [5.74, 6) is -1.41. The van der Waals surface area contributed by atoms with Crippen LogP contribution < -0.4 is 9.47 Å². The Morgan fingerprint density at radius 2 is 1.67 bits per heavy atom. The summed E-state index contributed by atoms with van der Waals surface area (Å²) >= 11 is 3.36. The van der Waals surface area contributed by atoms with Crippen molar-refractivity contribution in [1.29, 1.82) is 0 Å². The first kappa shape index (κ1) is 29.7. The highest BCUT2D eigenvalue weighted by molar-refractivity contribution is 9.10. The molecule has 9 heteroatoms. The molecule has 0 amide bonds. The van der Waals surface area contributed by atoms with E-state index in [1.165, 1.54) is 19.4 Å². The fraction of sp³-hybridized carbons (Fsp3) is 0.267. The lowest BCUT2D eigenvalue weighted by atomic mass is 10.0. The van der Waals surface area contributed by atoms with Crippen LogP contribution in [-0.2, 0) is 20.7 Å². The number of methoxy groups -OCH3 is 1. The number of hydrogen-bond acceptors (Lipinski definition) is 8. The maximum atomic E-state index is 12.8. The first-order chi connectivity index (χ1) is 18.6. The van der Waals surface area contributed by atoms with E-state index in [1.54, 1.807) is 68.4 Å². The van der Waals surface area contributed by atoms with Crippen molar-refractivity contribution in [3.05, 3.63) is 87.4 Å². The van der Waals surface area contributed by atoms with Crippen molar-refractivity contribution in [1.82, 2.24) is 0 Å². The largest absolute Gasteiger partial charge is 0.504 e. The summed E-state index contributed by atoms with van der Waals surface area (Å²) < 4.78 is 16.3. The highest BCUT2D eigenvalue weighted by Gasteiger charge is 2.19. The molecule has 0 saturated heterocycles. The Balaban J connectivity index is 1.80. The van der Waals surface area contributed by atoms with E-state index < -0.39 is 12.0 Å². The van der Waals surface area contributed by atoms with Crippen molar-refractivity contribution in [2.75, 3.05) is 13.7 Å². The molecule has 8 nitrogen and oxygen atoms in total. The fourth-order valence-electron chi connectivity index (χ4n) is 3.43. The van der Waals surface area contributed by atoms with E-state index in [0.29, 0.717) is 15.8 Å². The molecule has 0 saturated carbocycles. The lowest BCUT2D eigenvalue weighted by Crippen LogP contribution is -2.25. The Hall–Kier alpha value is -3.82. The fourth-order valence-corrected chi connectivity index (χ4v) is 3.88. The van der Waals surface area contributed by atoms with Crippen LogP contribution in [0.3, 0.4) is 0 Å². The zero-order valence-electron chi connectivity index (χ0n) is 22.1. The summed E-state index contributed by atoms with van der Waals surface area (Å²) in [6.07, 6.45) is 1.61. The number of aromatic hydroxyl groups is 1. The van der Waals surface area contributed by atoms with E-state index in [0.717, 1.165) is 11.1 Å². The van der Waals surface area contributed by atoms with Gasteiger partial charge in [-0.1, -0.05) is 59.6 Å². The van der Waals surface area contributed by atoms with Gasteiger partial charge in [-0.3, -0.25) is 14.6 Å². The second-order valence-electron chi connectivity index (χ2n) is 9.21. The third-order valence-corrected chi connectivity index (χ3v) is 6.11. The molecule has 204 valence electrons. The van der Waals surface area contributed by atoms with Gasteiger partial charge < -0.3 is 19.3 Å². The third-order valence-electron chi connectivity index (χ3n) is 5.65. The number of carbonyl (C=O) groups excluding carboxylic acids is 3. The van der Waals surface area contributed by atoms with Gasteiger partial charge >= 0.3 is 11.9 Å². The minimum absolute atomic E-state index is 0.0531. The number of ether oxygens (including phenoxy) is 3. The summed E-state index contributed by atoms with van der Waals surface area (Å²) in [6, 6.07) is 15.9. The number of phenolic OH excluding ortho intramolecular Hbond substituents is 1. The molecule has 1 atom stereocenters. The van der Waals surface area contributed by atoms with Gasteiger partial charge in [0.2, 0.25) is 0 Å². The summed E-state index contributed by atoms with van der Waals surface area (Å²) in [4.78, 5) is 41.6. The number of benzene rings is 3. The molecule has 0 spiro atoms. The number of halogens is 1. The topological polar surface area (TPSA) is 111 Å². The van der Waals surface area contributed by atoms with Gasteiger partial charge in [-0.2, -0.15) is 0 Å². The molecule has 0 aromatic heterocycles. The van der Waals surface area contributed by atoms with Gasteiger partial charge in [0.1, 0.15) is 18.4 Å². The quantitative estimate of drug-likeness (QED) is 0.177. The number of esters is 2. The maximum absolute atomic E-state index is 12.8. The van der Waals surface area contributed by atoms with Crippen LogP contribution in [0, 0.1) is 12.8 Å². The number of Topliss-reactive ketones (excluding diaryl/α,β-unsaturated/α-hetero) is 1. The van der Waals surface area contributed by atoms with Gasteiger partial charge in [0.25, 0.3) is 0 Å². The number of aliphatic imine (C=N–C) groups is 1. The zero-order valence-corrected chi connectivity index (χ0v) is 23.7. The standard InChI is InChI=1S/C30H30BrNO7/c1-18(2)29(35)38-24-11-7-20(8-12-24)13-25(26(33)17-37-4)32-16-22-14-23(31)15-27(28(22)34)39-30(36)21-9-5-19(3)6-10-21/h5-12,14-16,18,25,34H,13,17H2,1-4H3. The maximum Gasteiger partial charge on any atom is 0.343 e. The molecule has 0 aliphatic carbocycles. The summed E-state index contributed by atoms with van der Waals surface area (Å²) in [6.45, 7) is 5.27. The van der Waals surface area contributed by atoms with Crippen LogP contribution in [0.2, 0.25) is 0 Å². The Morgan fingerprint density at radius 3 is 2.28 bits per heavy atom. The summed E-state index contributed by atoms with van der Waals surface area (Å²) in [5.41, 5.74) is 2.38. The molecule has 39 heavy (non-hydrogen) atoms. The number of aryl methyl sites for hydroxylation is 1. The molecule has 3 rings (SSSR count). The molecule has 0 fully saturated rings. The van der Waals surface area contributed by atoms with E-state index in [-0.39, 0.29) is 47.8 Å². The first-order valence-electron chi connectivity index (χ1n) is 12.2. The Labute approximate surface area is 235 Å². The third kappa shape index (κ3) is 8.59. The zero-order chi connectivity index (χ0) is 28.5. The molecule has 0 radical (unpaired) electrons. The lowest BCUT2D eigenvalue weighted by molar-refractivity contribution is -0.137. The van der Waals surface area contributed by atoms with Gasteiger partial charge in [-0.25, -0.2) is 4.79 Å². The SMILES string of the molecule is COCC(=O)C(Cc1ccc(OC(=O)C(C)C)cc1)N=Cc1cc(Br)cc(OC(=O)c2ccc(C)cc2)c1O. The minimum atomic E-state index is -0.814. The summed E-state index contributed by atoms with van der Waals surface area (Å²) in [7, 11) is 1.42. The molecule has 3 aromatic rings. The average Bonchev–Trinajstić information content (AvgIpc) is 2.90. The Bertz CT molecular complexity index is 1350. The van der Waals surface area contributed by atoms with E-state index in [1.807, 2.05) is 6.92 Å². The van der Waals surface area contributed by atoms with Gasteiger partial charge in [0.15, 0.2) is 17.3 Å². The minimum Gasteiger partial charge on any atom is -0.504 e. The lowest BCUT2D eigenvalue weighted by Gasteiger charge is -2.13. The number of phenols is 1. The number of rotatable bonds is 11. The van der Waals surface area contributed by atoms with Gasteiger partial charge in [0.05, 0.1) is 11.5 Å². The molecule has 0 aliphatic rings. The van der Waals surface area contributed by atoms with Crippen LogP contribution >= 0.6 is 15.9 Å². The van der Waals surface area contributed by atoms with Gasteiger partial charge in [0, 0.05) is 29.8 Å². The van der Waals surface area contributed by atoms with E-state index in [2.05, 4.69) is 20.9 Å². The van der Waals surface area contributed by atoms with Crippen LogP contribution in [0.15, 0.2) is 70.1 Å². The number of ketones is 1. The predicted octanol–water partition coefficient (Wildman–Crippen LogP) is 5.49. The van der Waals surface area contributed by atoms with Crippen molar-refractivity contribution < 1.29 is 33.7 Å². The molecular weight excluding hydrogens is 566 g/mol. The molecule has 0 aliphatic heterocycles. The second-order valence-corrected chi connectivity index (χ2v) is 10.1. The van der Waals surface area contributed by atoms with Crippen molar-refractivity contribution in [3.63, 3.8) is 0 Å². The molecule has 1 unspecified atom stereocenters. The summed E-state index contributed by atoms with van der Waals surface area (Å²) in [5, 5.41) is 10.8. The second kappa shape index (κ2) is 13.8. The van der Waals surface area contributed by atoms with Crippen molar-refractivity contribution >= 4 is 39.9 Å². The first-order valence-corrected chi connectivity index (χ1v) is 13.0. The molecule has 1 N–H and O–H groups in total. The Morgan fingerprint density at radius 1 is 1.00 bits per heavy atom. The van der Waals surface area contributed by atoms with Crippen molar-refractivity contribution in [2.24, 2.45) is 10.9 Å². The normalized spacial score (nSPS) is 11.9. The van der Waals surface area contributed by atoms with Crippen LogP contribution in [0.5, 0.6) is 17.2 Å². The molecule has 0 bridgehead atoms. The van der Waals surface area contributed by atoms with E-state index in [9.17, 15) is 19.5 Å². The highest BCUT2D eigenvalue weighted by Crippen LogP contribution is 2.33. The number of nitrogens with zero attached hydrogens (tertiary/aromatic N) is 1. The van der Waals surface area contributed by atoms with Crippen LogP contribution in [0.25, 0.3) is 0 Å². The average molecular weight is 596 g/mol. The van der Waals surface area contributed by atoms with E-state index >= 15 is 0 Å². The molecule has 3 aromatic carbocycles. The smallest absolute Gasteiger partial charge is 0.343 e. The van der Waals surface area contributed by atoms with Gasteiger partial charge in [-0.15, -0.1) is 0 Å². The number of carbonyl (C=O) groups is 3. The highest BCUT2D eigenvalue weighted by atomic mass is 79.9. The Kier molecular flexibility index (Phi) is 10.5. The van der Waals surface area contributed by atoms with Crippen LogP contribution in [-0.4, -0.2) is 48.8 Å². The van der Waals surface area contributed by atoms with Crippen molar-refractivity contribution in [2.45, 2.75) is 33.2 Å². The number of hydrogen-bond donors (Lipinski definition) is 1. The van der Waals surface area contributed by atoms with Crippen LogP contribution in [0.1, 0.15) is 40.9 Å². The van der Waals surface area contributed by atoms with Gasteiger partial charge in [-0.05, 0) is 48.9 Å². The van der Waals surface area contributed by atoms with Crippen LogP contribution in [0.4, 0.5) is 0 Å². The van der Waals surface area contributed by atoms with Crippen molar-refractivity contribution in [3.8, 4) is 17.2 Å². The predicted molar refractivity (Wildman–Crippen MR) is 151 cm³/mol. The molecular formula is C30H30BrNO7. The monoisotopic (exact) mass is 595 g/mol.